The largest absolute Gasteiger partial charge is 0.484 e. The minimum Gasteiger partial charge on any atom is -0.484 e. The van der Waals surface area contributed by atoms with Crippen LogP contribution in [0.5, 0.6) is 5.75 Å². The lowest BCUT2D eigenvalue weighted by Crippen LogP contribution is -2.33. The molecule has 10 heteroatoms. The molecule has 0 N–H and O–H groups in total. The molecule has 8 nitrogen and oxygen atoms in total. The van der Waals surface area contributed by atoms with Crippen molar-refractivity contribution in [2.45, 2.75) is 38.7 Å². The van der Waals surface area contributed by atoms with E-state index in [9.17, 15) is 13.6 Å². The number of halogens is 2. The molecule has 2 aliphatic heterocycles. The molecule has 4 rings (SSSR count). The van der Waals surface area contributed by atoms with E-state index < -0.39 is 12.5 Å². The Hall–Kier alpha value is -2.59. The zero-order valence-electron chi connectivity index (χ0n) is 16.1. The van der Waals surface area contributed by atoms with Crippen LogP contribution in [0.25, 0.3) is 0 Å². The lowest BCUT2D eigenvalue weighted by molar-refractivity contribution is -0.00461. The quantitative estimate of drug-likeness (QED) is 0.770. The summed E-state index contributed by atoms with van der Waals surface area (Å²) in [7, 11) is 0. The first-order chi connectivity index (χ1) is 13.9. The standard InChI is InChI=1S/C19H22F2N4O4/c1-11-3-4-13(6-22-11)29-14-9-27-16-7-24(8-17(16)28-10-14)18(26)15-5-12(2)25(23-15)19(20)21/h3-6,14,16-17,19H,7-10H2,1-2H3/t16-,17-/m0/s1. The van der Waals surface area contributed by atoms with Gasteiger partial charge in [-0.2, -0.15) is 13.9 Å². The summed E-state index contributed by atoms with van der Waals surface area (Å²) in [5.74, 6) is 0.230. The first-order valence-electron chi connectivity index (χ1n) is 9.37. The SMILES string of the molecule is Cc1ccc(OC2CO[C@H]3CN(C(=O)c4cc(C)n(C(F)F)n4)C[C@@H]3OC2)cn1. The Labute approximate surface area is 166 Å². The van der Waals surface area contributed by atoms with Gasteiger partial charge in [-0.05, 0) is 32.0 Å². The topological polar surface area (TPSA) is 78.7 Å². The van der Waals surface area contributed by atoms with Gasteiger partial charge in [0.2, 0.25) is 0 Å². The van der Waals surface area contributed by atoms with E-state index in [1.54, 1.807) is 6.20 Å². The maximum Gasteiger partial charge on any atom is 0.333 e. The van der Waals surface area contributed by atoms with Gasteiger partial charge in [-0.25, -0.2) is 4.68 Å². The second-order valence-electron chi connectivity index (χ2n) is 7.22. The summed E-state index contributed by atoms with van der Waals surface area (Å²) in [5.41, 5.74) is 1.13. The number of carbonyl (C=O) groups is 1. The van der Waals surface area contributed by atoms with Gasteiger partial charge >= 0.3 is 6.55 Å². The van der Waals surface area contributed by atoms with Crippen LogP contribution in [0.3, 0.4) is 0 Å². The van der Waals surface area contributed by atoms with Gasteiger partial charge in [0.05, 0.1) is 19.4 Å². The van der Waals surface area contributed by atoms with Crippen LogP contribution < -0.4 is 4.74 Å². The first-order valence-corrected chi connectivity index (χ1v) is 9.37. The Kier molecular flexibility index (Phi) is 5.46. The minimum absolute atomic E-state index is 0.00709. The average Bonchev–Trinajstić information content (AvgIpc) is 3.24. The second kappa shape index (κ2) is 8.03. The zero-order chi connectivity index (χ0) is 20.5. The molecule has 1 amide bonds. The van der Waals surface area contributed by atoms with E-state index >= 15 is 0 Å². The summed E-state index contributed by atoms with van der Waals surface area (Å²) >= 11 is 0. The highest BCUT2D eigenvalue weighted by Crippen LogP contribution is 2.24. The third-order valence-electron chi connectivity index (χ3n) is 5.01. The number of hydrogen-bond acceptors (Lipinski definition) is 6. The van der Waals surface area contributed by atoms with Crippen molar-refractivity contribution in [1.29, 1.82) is 0 Å². The smallest absolute Gasteiger partial charge is 0.333 e. The molecule has 2 aromatic heterocycles. The molecule has 29 heavy (non-hydrogen) atoms. The Morgan fingerprint density at radius 2 is 1.90 bits per heavy atom. The molecule has 0 saturated carbocycles. The molecule has 4 heterocycles. The van der Waals surface area contributed by atoms with Crippen LogP contribution in [-0.4, -0.2) is 70.2 Å². The van der Waals surface area contributed by atoms with Crippen LogP contribution in [0.1, 0.15) is 28.4 Å². The van der Waals surface area contributed by atoms with Crippen molar-refractivity contribution in [3.05, 3.63) is 41.5 Å². The fourth-order valence-electron chi connectivity index (χ4n) is 3.48. The molecule has 2 aliphatic rings. The second-order valence-corrected chi connectivity index (χ2v) is 7.22. The van der Waals surface area contributed by atoms with Gasteiger partial charge in [0.1, 0.15) is 24.1 Å². The number of aryl methyl sites for hydroxylation is 2. The Morgan fingerprint density at radius 3 is 2.45 bits per heavy atom. The van der Waals surface area contributed by atoms with Crippen molar-refractivity contribution in [3.8, 4) is 5.75 Å². The monoisotopic (exact) mass is 408 g/mol. The van der Waals surface area contributed by atoms with Crippen molar-refractivity contribution >= 4 is 5.91 Å². The highest BCUT2D eigenvalue weighted by molar-refractivity contribution is 5.92. The van der Waals surface area contributed by atoms with Crippen molar-refractivity contribution in [1.82, 2.24) is 19.7 Å². The molecule has 2 saturated heterocycles. The van der Waals surface area contributed by atoms with Crippen LogP contribution in [0, 0.1) is 13.8 Å². The van der Waals surface area contributed by atoms with Crippen molar-refractivity contribution in [2.24, 2.45) is 0 Å². The van der Waals surface area contributed by atoms with Gasteiger partial charge in [0.25, 0.3) is 5.91 Å². The molecule has 2 atom stereocenters. The van der Waals surface area contributed by atoms with Gasteiger partial charge in [0, 0.05) is 24.5 Å². The van der Waals surface area contributed by atoms with E-state index in [1.165, 1.54) is 17.9 Å². The zero-order valence-corrected chi connectivity index (χ0v) is 16.1. The van der Waals surface area contributed by atoms with E-state index in [1.807, 2.05) is 19.1 Å². The fraction of sp³-hybridized carbons (Fsp3) is 0.526. The number of amides is 1. The maximum absolute atomic E-state index is 12.9. The third kappa shape index (κ3) is 4.23. The number of likely N-dealkylation sites (tertiary alicyclic amines) is 1. The third-order valence-corrected chi connectivity index (χ3v) is 5.01. The molecule has 0 spiro atoms. The lowest BCUT2D eigenvalue weighted by atomic mass is 10.3. The van der Waals surface area contributed by atoms with Crippen LogP contribution in [0.4, 0.5) is 8.78 Å². The molecule has 2 aromatic rings. The van der Waals surface area contributed by atoms with E-state index in [4.69, 9.17) is 14.2 Å². The summed E-state index contributed by atoms with van der Waals surface area (Å²) in [6.07, 6.45) is 0.768. The van der Waals surface area contributed by atoms with E-state index in [0.29, 0.717) is 36.7 Å². The highest BCUT2D eigenvalue weighted by Gasteiger charge is 2.40. The number of aromatic nitrogens is 3. The van der Waals surface area contributed by atoms with Gasteiger partial charge < -0.3 is 19.1 Å². The van der Waals surface area contributed by atoms with E-state index in [-0.39, 0.29) is 29.7 Å². The van der Waals surface area contributed by atoms with Gasteiger partial charge in [-0.3, -0.25) is 9.78 Å². The molecule has 156 valence electrons. The fourth-order valence-corrected chi connectivity index (χ4v) is 3.48. The molecule has 0 aliphatic carbocycles. The molecule has 2 fully saturated rings. The van der Waals surface area contributed by atoms with E-state index in [2.05, 4.69) is 10.1 Å². The highest BCUT2D eigenvalue weighted by atomic mass is 19.3. The average molecular weight is 408 g/mol. The normalized spacial score (nSPS) is 22.6. The molecular weight excluding hydrogens is 386 g/mol. The Balaban J connectivity index is 1.35. The van der Waals surface area contributed by atoms with Gasteiger partial charge in [-0.15, -0.1) is 0 Å². The Morgan fingerprint density at radius 1 is 1.21 bits per heavy atom. The molecule has 0 radical (unpaired) electrons. The van der Waals surface area contributed by atoms with Crippen molar-refractivity contribution < 1.29 is 27.8 Å². The number of carbonyl (C=O) groups excluding carboxylic acids is 1. The summed E-state index contributed by atoms with van der Waals surface area (Å²) in [6.45, 7) is 1.85. The van der Waals surface area contributed by atoms with E-state index in [0.717, 1.165) is 5.69 Å². The number of rotatable bonds is 4. The summed E-state index contributed by atoms with van der Waals surface area (Å²) in [6, 6.07) is 5.07. The first kappa shape index (κ1) is 19.7. The van der Waals surface area contributed by atoms with Gasteiger partial charge in [-0.1, -0.05) is 0 Å². The number of nitrogens with zero attached hydrogens (tertiary/aromatic N) is 4. The summed E-state index contributed by atoms with van der Waals surface area (Å²) in [4.78, 5) is 18.4. The maximum atomic E-state index is 12.9. The van der Waals surface area contributed by atoms with Crippen LogP contribution in [-0.2, 0) is 9.47 Å². The van der Waals surface area contributed by atoms with Gasteiger partial charge in [0.15, 0.2) is 5.69 Å². The number of fused-ring (bicyclic) bond motifs is 1. The lowest BCUT2D eigenvalue weighted by Gasteiger charge is -2.19. The molecule has 0 aromatic carbocycles. The predicted octanol–water partition coefficient (Wildman–Crippen LogP) is 1.98. The van der Waals surface area contributed by atoms with Crippen LogP contribution in [0.2, 0.25) is 0 Å². The molecule has 0 bridgehead atoms. The summed E-state index contributed by atoms with van der Waals surface area (Å²) in [5, 5.41) is 3.72. The van der Waals surface area contributed by atoms with Crippen molar-refractivity contribution in [2.75, 3.05) is 26.3 Å². The summed E-state index contributed by atoms with van der Waals surface area (Å²) < 4.78 is 44.0. The number of hydrogen-bond donors (Lipinski definition) is 0. The number of alkyl halides is 2. The van der Waals surface area contributed by atoms with Crippen LogP contribution in [0.15, 0.2) is 24.4 Å². The number of pyridine rings is 1. The molecular formula is C19H22F2N4O4. The predicted molar refractivity (Wildman–Crippen MR) is 97.0 cm³/mol. The van der Waals surface area contributed by atoms with Crippen LogP contribution >= 0.6 is 0 Å². The van der Waals surface area contributed by atoms with Crippen molar-refractivity contribution in [3.63, 3.8) is 0 Å². The number of ether oxygens (including phenoxy) is 3. The molecule has 0 unspecified atom stereocenters. The Bertz CT molecular complexity index is 858. The minimum atomic E-state index is -2.78.